The molecule has 7 heteroatoms. The van der Waals surface area contributed by atoms with Crippen LogP contribution in [0.5, 0.6) is 0 Å². The minimum Gasteiger partial charge on any atom is -0.373 e. The van der Waals surface area contributed by atoms with Crippen LogP contribution in [0.4, 0.5) is 0 Å². The lowest BCUT2D eigenvalue weighted by Crippen LogP contribution is -2.43. The highest BCUT2D eigenvalue weighted by atomic mass is 32.2. The first-order valence-corrected chi connectivity index (χ1v) is 8.70. The number of sulfonamides is 1. The molecule has 0 bridgehead atoms. The molecule has 2 aliphatic rings. The lowest BCUT2D eigenvalue weighted by molar-refractivity contribution is -0.0197. The van der Waals surface area contributed by atoms with Crippen LogP contribution in [-0.4, -0.2) is 56.1 Å². The van der Waals surface area contributed by atoms with E-state index in [0.29, 0.717) is 6.61 Å². The van der Waals surface area contributed by atoms with E-state index >= 15 is 0 Å². The molecule has 2 aliphatic heterocycles. The van der Waals surface area contributed by atoms with Gasteiger partial charge in [0, 0.05) is 19.4 Å². The monoisotopic (exact) mass is 311 g/mol. The minimum absolute atomic E-state index is 0.103. The van der Waals surface area contributed by atoms with Crippen molar-refractivity contribution in [2.75, 3.05) is 26.7 Å². The molecular weight excluding hydrogens is 290 g/mol. The summed E-state index contributed by atoms with van der Waals surface area (Å²) in [6, 6.07) is 3.11. The summed E-state index contributed by atoms with van der Waals surface area (Å²) < 4.78 is 32.6. The molecule has 1 aromatic rings. The summed E-state index contributed by atoms with van der Waals surface area (Å²) in [5.41, 5.74) is -0.144. The van der Waals surface area contributed by atoms with Gasteiger partial charge in [0.05, 0.1) is 18.2 Å². The van der Waals surface area contributed by atoms with Crippen LogP contribution in [0.25, 0.3) is 0 Å². The number of rotatable bonds is 3. The van der Waals surface area contributed by atoms with Crippen molar-refractivity contribution in [3.8, 4) is 0 Å². The third-order valence-corrected chi connectivity index (χ3v) is 6.42. The molecule has 1 spiro atoms. The zero-order chi connectivity index (χ0) is 14.9. The molecular formula is C14H21N3O3S. The third-order valence-electron chi connectivity index (χ3n) is 4.53. The Morgan fingerprint density at radius 2 is 2.19 bits per heavy atom. The topological polar surface area (TPSA) is 71.5 Å². The second-order valence-electron chi connectivity index (χ2n) is 5.81. The zero-order valence-corrected chi connectivity index (χ0v) is 13.0. The second-order valence-corrected chi connectivity index (χ2v) is 7.81. The van der Waals surface area contributed by atoms with Gasteiger partial charge in [-0.25, -0.2) is 8.42 Å². The molecule has 0 aromatic carbocycles. The molecule has 1 N–H and O–H groups in total. The molecule has 0 amide bonds. The second kappa shape index (κ2) is 5.64. The van der Waals surface area contributed by atoms with Gasteiger partial charge in [-0.15, -0.1) is 0 Å². The molecule has 0 aliphatic carbocycles. The van der Waals surface area contributed by atoms with Gasteiger partial charge < -0.3 is 10.1 Å². The standard InChI is InChI=1S/C14H21N3O3S/c1-17(21(18,19)13-3-2-6-16-10-13)12-9-14(20-11-12)4-7-15-8-5-14/h2-3,6,10,12,15H,4-5,7-9,11H2,1H3. The Balaban J connectivity index is 1.76. The van der Waals surface area contributed by atoms with Gasteiger partial charge in [-0.1, -0.05) is 0 Å². The van der Waals surface area contributed by atoms with Crippen LogP contribution >= 0.6 is 0 Å². The fourth-order valence-electron chi connectivity index (χ4n) is 3.15. The van der Waals surface area contributed by atoms with Crippen LogP contribution < -0.4 is 5.32 Å². The number of nitrogens with one attached hydrogen (secondary N) is 1. The maximum atomic E-state index is 12.6. The van der Waals surface area contributed by atoms with Crippen molar-refractivity contribution in [3.63, 3.8) is 0 Å². The van der Waals surface area contributed by atoms with E-state index in [1.807, 2.05) is 0 Å². The van der Waals surface area contributed by atoms with Gasteiger partial charge in [-0.2, -0.15) is 4.31 Å². The molecule has 1 aromatic heterocycles. The number of pyridine rings is 1. The summed E-state index contributed by atoms with van der Waals surface area (Å²) >= 11 is 0. The van der Waals surface area contributed by atoms with Gasteiger partial charge in [0.1, 0.15) is 4.90 Å². The predicted molar refractivity (Wildman–Crippen MR) is 78.4 cm³/mol. The van der Waals surface area contributed by atoms with Crippen molar-refractivity contribution in [2.45, 2.75) is 35.8 Å². The Morgan fingerprint density at radius 1 is 1.43 bits per heavy atom. The average molecular weight is 311 g/mol. The lowest BCUT2D eigenvalue weighted by Gasteiger charge is -2.33. The van der Waals surface area contributed by atoms with E-state index in [9.17, 15) is 8.42 Å². The normalized spacial score (nSPS) is 25.5. The quantitative estimate of drug-likeness (QED) is 0.886. The predicted octanol–water partition coefficient (Wildman–Crippen LogP) is 0.613. The van der Waals surface area contributed by atoms with Crippen molar-refractivity contribution < 1.29 is 13.2 Å². The van der Waals surface area contributed by atoms with Gasteiger partial charge >= 0.3 is 0 Å². The number of hydrogen-bond donors (Lipinski definition) is 1. The fourth-order valence-corrected chi connectivity index (χ4v) is 4.45. The van der Waals surface area contributed by atoms with Crippen LogP contribution in [0.3, 0.4) is 0 Å². The molecule has 2 fully saturated rings. The van der Waals surface area contributed by atoms with E-state index in [1.54, 1.807) is 25.4 Å². The summed E-state index contributed by atoms with van der Waals surface area (Å²) in [7, 11) is -1.87. The molecule has 0 saturated carbocycles. The summed E-state index contributed by atoms with van der Waals surface area (Å²) in [4.78, 5) is 4.13. The Kier molecular flexibility index (Phi) is 4.00. The van der Waals surface area contributed by atoms with Crippen LogP contribution in [-0.2, 0) is 14.8 Å². The number of aromatic nitrogens is 1. The van der Waals surface area contributed by atoms with Crippen molar-refractivity contribution in [3.05, 3.63) is 24.5 Å². The van der Waals surface area contributed by atoms with Crippen LogP contribution in [0.1, 0.15) is 19.3 Å². The van der Waals surface area contributed by atoms with Crippen LogP contribution in [0.15, 0.2) is 29.4 Å². The number of nitrogens with zero attached hydrogens (tertiary/aromatic N) is 2. The molecule has 2 saturated heterocycles. The number of piperidine rings is 1. The Hall–Kier alpha value is -1.02. The average Bonchev–Trinajstić information content (AvgIpc) is 2.91. The molecule has 0 radical (unpaired) electrons. The van der Waals surface area contributed by atoms with E-state index < -0.39 is 10.0 Å². The Morgan fingerprint density at radius 3 is 2.86 bits per heavy atom. The van der Waals surface area contributed by atoms with Gasteiger partial charge in [-0.3, -0.25) is 4.98 Å². The molecule has 3 rings (SSSR count). The van der Waals surface area contributed by atoms with E-state index in [4.69, 9.17) is 4.74 Å². The van der Waals surface area contributed by atoms with Gasteiger partial charge in [0.25, 0.3) is 0 Å². The zero-order valence-electron chi connectivity index (χ0n) is 12.2. The van der Waals surface area contributed by atoms with Crippen molar-refractivity contribution in [1.82, 2.24) is 14.6 Å². The molecule has 6 nitrogen and oxygen atoms in total. The first-order valence-electron chi connectivity index (χ1n) is 7.26. The van der Waals surface area contributed by atoms with E-state index in [1.165, 1.54) is 10.5 Å². The molecule has 21 heavy (non-hydrogen) atoms. The van der Waals surface area contributed by atoms with Gasteiger partial charge in [0.15, 0.2) is 0 Å². The first-order chi connectivity index (χ1) is 10.0. The fraction of sp³-hybridized carbons (Fsp3) is 0.643. The number of ether oxygens (including phenoxy) is 1. The first kappa shape index (κ1) is 14.9. The smallest absolute Gasteiger partial charge is 0.244 e. The minimum atomic E-state index is -3.50. The van der Waals surface area contributed by atoms with Crippen LogP contribution in [0.2, 0.25) is 0 Å². The Labute approximate surface area is 125 Å². The SMILES string of the molecule is CN(C1COC2(CCNCC2)C1)S(=O)(=O)c1cccnc1. The van der Waals surface area contributed by atoms with E-state index in [-0.39, 0.29) is 16.5 Å². The van der Waals surface area contributed by atoms with E-state index in [0.717, 1.165) is 32.4 Å². The highest BCUT2D eigenvalue weighted by Crippen LogP contribution is 2.36. The lowest BCUT2D eigenvalue weighted by atomic mass is 9.88. The van der Waals surface area contributed by atoms with Gasteiger partial charge in [-0.05, 0) is 44.5 Å². The summed E-state index contributed by atoms with van der Waals surface area (Å²) in [5, 5.41) is 3.32. The van der Waals surface area contributed by atoms with Crippen molar-refractivity contribution in [2.24, 2.45) is 0 Å². The molecule has 1 unspecified atom stereocenters. The number of likely N-dealkylation sites (N-methyl/N-ethyl adjacent to an activating group) is 1. The van der Waals surface area contributed by atoms with Gasteiger partial charge in [0.2, 0.25) is 10.0 Å². The molecule has 116 valence electrons. The number of hydrogen-bond acceptors (Lipinski definition) is 5. The maximum Gasteiger partial charge on any atom is 0.244 e. The molecule has 1 atom stereocenters. The summed E-state index contributed by atoms with van der Waals surface area (Å²) in [5.74, 6) is 0. The Bertz CT molecular complexity index is 585. The van der Waals surface area contributed by atoms with Crippen LogP contribution in [0, 0.1) is 0 Å². The summed E-state index contributed by atoms with van der Waals surface area (Å²) in [6.45, 7) is 2.34. The van der Waals surface area contributed by atoms with Crippen molar-refractivity contribution >= 4 is 10.0 Å². The molecule has 3 heterocycles. The third kappa shape index (κ3) is 2.83. The highest BCUT2D eigenvalue weighted by molar-refractivity contribution is 7.89. The maximum absolute atomic E-state index is 12.6. The largest absolute Gasteiger partial charge is 0.373 e. The highest BCUT2D eigenvalue weighted by Gasteiger charge is 2.44. The van der Waals surface area contributed by atoms with E-state index in [2.05, 4.69) is 10.3 Å². The summed E-state index contributed by atoms with van der Waals surface area (Å²) in [6.07, 6.45) is 5.63. The van der Waals surface area contributed by atoms with Crippen molar-refractivity contribution in [1.29, 1.82) is 0 Å².